The summed E-state index contributed by atoms with van der Waals surface area (Å²) in [5, 5.41) is 4.29. The summed E-state index contributed by atoms with van der Waals surface area (Å²) in [6.45, 7) is 0. The zero-order chi connectivity index (χ0) is 45.0. The van der Waals surface area contributed by atoms with Crippen LogP contribution in [0.4, 0.5) is 0 Å². The Kier molecular flexibility index (Phi) is 9.31. The zero-order valence-electron chi connectivity index (χ0n) is 36.4. The summed E-state index contributed by atoms with van der Waals surface area (Å²) in [5.41, 5.74) is 14.4. The van der Waals surface area contributed by atoms with Crippen LogP contribution in [0.5, 0.6) is 0 Å². The van der Waals surface area contributed by atoms with E-state index < -0.39 is 0 Å². The van der Waals surface area contributed by atoms with Crippen LogP contribution >= 0.6 is 0 Å². The molecule has 0 aliphatic rings. The maximum Gasteiger partial charge on any atom is 0.164 e. The number of benzene rings is 7. The molecule has 6 heterocycles. The molecular weight excluding hydrogens is 835 g/mol. The van der Waals surface area contributed by atoms with Gasteiger partial charge >= 0.3 is 0 Å². The monoisotopic (exact) mass is 871 g/mol. The van der Waals surface area contributed by atoms with Crippen LogP contribution < -0.4 is 0 Å². The first-order valence-electron chi connectivity index (χ1n) is 22.5. The maximum absolute atomic E-state index is 6.96. The van der Waals surface area contributed by atoms with Crippen LogP contribution in [0.2, 0.25) is 0 Å². The van der Waals surface area contributed by atoms with Gasteiger partial charge in [-0.15, -0.1) is 0 Å². The SMILES string of the molecule is c1ccc(-c2nc(-c3ccc(-c4ccc5c(c4)nc(-c4ccccc4)c4c(-c6ccncc6)c(-c6ccncc6)oc45)cc3)nc(-c3cccc(-n4c5ccccc5c5ccccc54)c3)n2)cc1. The molecule has 0 N–H and O–H groups in total. The molecule has 13 rings (SSSR count). The molecule has 68 heavy (non-hydrogen) atoms. The number of para-hydroxylation sites is 2. The summed E-state index contributed by atoms with van der Waals surface area (Å²) < 4.78 is 9.27. The Morgan fingerprint density at radius 3 is 1.54 bits per heavy atom. The fraction of sp³-hybridized carbons (Fsp3) is 0. The van der Waals surface area contributed by atoms with Gasteiger partial charge in [0.05, 0.1) is 27.6 Å². The molecule has 0 spiro atoms. The van der Waals surface area contributed by atoms with E-state index in [2.05, 4.69) is 142 Å². The first-order valence-corrected chi connectivity index (χ1v) is 22.5. The van der Waals surface area contributed by atoms with Crippen molar-refractivity contribution in [1.29, 1.82) is 0 Å². The van der Waals surface area contributed by atoms with Gasteiger partial charge in [-0.3, -0.25) is 9.97 Å². The van der Waals surface area contributed by atoms with Crippen molar-refractivity contribution in [2.24, 2.45) is 0 Å². The normalized spacial score (nSPS) is 11.5. The second-order valence-corrected chi connectivity index (χ2v) is 16.7. The number of nitrogens with zero attached hydrogens (tertiary/aromatic N) is 7. The molecule has 13 aromatic rings. The molecule has 8 nitrogen and oxygen atoms in total. The van der Waals surface area contributed by atoms with Gasteiger partial charge in [0.15, 0.2) is 17.5 Å². The van der Waals surface area contributed by atoms with Gasteiger partial charge in [-0.2, -0.15) is 0 Å². The molecule has 318 valence electrons. The summed E-state index contributed by atoms with van der Waals surface area (Å²) >= 11 is 0. The number of fused-ring (bicyclic) bond motifs is 6. The summed E-state index contributed by atoms with van der Waals surface area (Å²) in [6.07, 6.45) is 7.21. The lowest BCUT2D eigenvalue weighted by Crippen LogP contribution is -2.01. The van der Waals surface area contributed by atoms with Crippen LogP contribution in [-0.2, 0) is 0 Å². The first-order chi connectivity index (χ1) is 33.7. The van der Waals surface area contributed by atoms with E-state index in [1.54, 1.807) is 12.4 Å². The molecule has 0 amide bonds. The number of pyridine rings is 3. The quantitative estimate of drug-likeness (QED) is 0.150. The van der Waals surface area contributed by atoms with Crippen molar-refractivity contribution in [3.63, 3.8) is 0 Å². The molecule has 0 aliphatic heterocycles. The number of rotatable bonds is 8. The average Bonchev–Trinajstić information content (AvgIpc) is 3.99. The first kappa shape index (κ1) is 39.0. The summed E-state index contributed by atoms with van der Waals surface area (Å²) in [4.78, 5) is 29.3. The van der Waals surface area contributed by atoms with E-state index in [1.165, 1.54) is 10.8 Å². The van der Waals surface area contributed by atoms with Gasteiger partial charge in [-0.1, -0.05) is 140 Å². The molecule has 8 heteroatoms. The van der Waals surface area contributed by atoms with E-state index >= 15 is 0 Å². The topological polar surface area (TPSA) is 95.4 Å². The van der Waals surface area contributed by atoms with Crippen molar-refractivity contribution < 1.29 is 4.42 Å². The lowest BCUT2D eigenvalue weighted by Gasteiger charge is -2.12. The van der Waals surface area contributed by atoms with Crippen molar-refractivity contribution >= 4 is 43.7 Å². The van der Waals surface area contributed by atoms with Crippen LogP contribution in [0.15, 0.2) is 229 Å². The van der Waals surface area contributed by atoms with E-state index in [4.69, 9.17) is 24.4 Å². The van der Waals surface area contributed by atoms with Gasteiger partial charge in [-0.05, 0) is 77.4 Å². The molecule has 0 aliphatic carbocycles. The number of aromatic nitrogens is 7. The average molecular weight is 872 g/mol. The highest BCUT2D eigenvalue weighted by Crippen LogP contribution is 2.47. The third-order valence-electron chi connectivity index (χ3n) is 12.7. The van der Waals surface area contributed by atoms with E-state index in [9.17, 15) is 0 Å². The van der Waals surface area contributed by atoms with Gasteiger partial charge in [0, 0.05) is 80.0 Å². The van der Waals surface area contributed by atoms with Gasteiger partial charge in [0.25, 0.3) is 0 Å². The highest BCUT2D eigenvalue weighted by molar-refractivity contribution is 6.17. The molecule has 0 unspecified atom stereocenters. The Bertz CT molecular complexity index is 3950. The Hall–Kier alpha value is -9.40. The van der Waals surface area contributed by atoms with E-state index in [1.807, 2.05) is 85.2 Å². The van der Waals surface area contributed by atoms with Crippen molar-refractivity contribution in [2.75, 3.05) is 0 Å². The Morgan fingerprint density at radius 2 is 0.882 bits per heavy atom. The molecule has 0 fully saturated rings. The minimum atomic E-state index is 0.588. The van der Waals surface area contributed by atoms with Crippen molar-refractivity contribution in [3.05, 3.63) is 225 Å². The van der Waals surface area contributed by atoms with E-state index in [0.29, 0.717) is 17.5 Å². The number of furan rings is 1. The molecule has 0 saturated heterocycles. The number of hydrogen-bond donors (Lipinski definition) is 0. The molecule has 6 aromatic heterocycles. The zero-order valence-corrected chi connectivity index (χ0v) is 36.4. The molecule has 0 bridgehead atoms. The largest absolute Gasteiger partial charge is 0.455 e. The van der Waals surface area contributed by atoms with Gasteiger partial charge < -0.3 is 8.98 Å². The van der Waals surface area contributed by atoms with Crippen LogP contribution in [0.25, 0.3) is 128 Å². The summed E-state index contributed by atoms with van der Waals surface area (Å²) in [5.74, 6) is 2.55. The van der Waals surface area contributed by atoms with Crippen molar-refractivity contribution in [1.82, 2.24) is 34.5 Å². The molecule has 7 aromatic carbocycles. The number of hydrogen-bond acceptors (Lipinski definition) is 7. The maximum atomic E-state index is 6.96. The second kappa shape index (κ2) is 16.2. The smallest absolute Gasteiger partial charge is 0.164 e. The third kappa shape index (κ3) is 6.70. The van der Waals surface area contributed by atoms with Gasteiger partial charge in [0.2, 0.25) is 0 Å². The standard InChI is InChI=1S/C60H37N7O/c1-3-12-40(13-4-1)55-54-53(39-28-32-61-33-29-39)56(41-30-34-62-35-31-41)68-57(54)49-27-26-44(37-50(49)63-55)38-22-24-43(25-23-38)59-64-58(42-14-5-2-6-15-42)65-60(66-59)45-16-11-17-46(36-45)67-51-20-9-7-18-47(51)48-19-8-10-21-52(48)67/h1-37H. The lowest BCUT2D eigenvalue weighted by molar-refractivity contribution is 0.635. The highest BCUT2D eigenvalue weighted by Gasteiger charge is 2.25. The summed E-state index contributed by atoms with van der Waals surface area (Å²) in [6, 6.07) is 68.8. The minimum absolute atomic E-state index is 0.588. The third-order valence-corrected chi connectivity index (χ3v) is 12.7. The van der Waals surface area contributed by atoms with Crippen LogP contribution in [0.1, 0.15) is 0 Å². The Labute approximate surface area is 390 Å². The Balaban J connectivity index is 0.918. The lowest BCUT2D eigenvalue weighted by atomic mass is 9.95. The van der Waals surface area contributed by atoms with E-state index in [-0.39, 0.29) is 0 Å². The molecule has 0 saturated carbocycles. The predicted octanol–water partition coefficient (Wildman–Crippen LogP) is 14.7. The van der Waals surface area contributed by atoms with Crippen LogP contribution in [0.3, 0.4) is 0 Å². The van der Waals surface area contributed by atoms with E-state index in [0.717, 1.165) is 100 Å². The molecular formula is C60H37N7O. The minimum Gasteiger partial charge on any atom is -0.455 e. The fourth-order valence-electron chi connectivity index (χ4n) is 9.47. The van der Waals surface area contributed by atoms with Gasteiger partial charge in [-0.25, -0.2) is 19.9 Å². The summed E-state index contributed by atoms with van der Waals surface area (Å²) in [7, 11) is 0. The molecule has 0 radical (unpaired) electrons. The van der Waals surface area contributed by atoms with Gasteiger partial charge in [0.1, 0.15) is 11.3 Å². The second-order valence-electron chi connectivity index (χ2n) is 16.7. The highest BCUT2D eigenvalue weighted by atomic mass is 16.3. The predicted molar refractivity (Wildman–Crippen MR) is 273 cm³/mol. The fourth-order valence-corrected chi connectivity index (χ4v) is 9.47. The van der Waals surface area contributed by atoms with Crippen molar-refractivity contribution in [2.45, 2.75) is 0 Å². The molecule has 0 atom stereocenters. The van der Waals surface area contributed by atoms with Crippen molar-refractivity contribution in [3.8, 4) is 84.7 Å². The Morgan fingerprint density at radius 1 is 0.353 bits per heavy atom. The van der Waals surface area contributed by atoms with Crippen LogP contribution in [0, 0.1) is 0 Å². The van der Waals surface area contributed by atoms with Crippen LogP contribution in [-0.4, -0.2) is 34.5 Å².